The van der Waals surface area contributed by atoms with Crippen molar-refractivity contribution < 1.29 is 42.8 Å². The highest BCUT2D eigenvalue weighted by Gasteiger charge is 2.53. The second kappa shape index (κ2) is 24.8. The molecule has 0 saturated carbocycles. The van der Waals surface area contributed by atoms with Crippen molar-refractivity contribution in [2.75, 3.05) is 40.9 Å². The van der Waals surface area contributed by atoms with Crippen LogP contribution in [0.25, 0.3) is 32.3 Å². The van der Waals surface area contributed by atoms with Crippen molar-refractivity contribution in [3.05, 3.63) is 60.2 Å². The summed E-state index contributed by atoms with van der Waals surface area (Å²) in [6.07, 6.45) is 18.1. The van der Waals surface area contributed by atoms with E-state index in [2.05, 4.69) is 38.1 Å². The zero-order valence-electron chi connectivity index (χ0n) is 37.6. The van der Waals surface area contributed by atoms with Crippen LogP contribution in [0.4, 0.5) is 0 Å². The summed E-state index contributed by atoms with van der Waals surface area (Å²) in [4.78, 5) is 43.9. The number of phosphoric ester groups is 1. The molecule has 3 unspecified atom stereocenters. The summed E-state index contributed by atoms with van der Waals surface area (Å²) in [5.74, 6) is -1.14. The van der Waals surface area contributed by atoms with E-state index >= 15 is 4.79 Å². The number of likely N-dealkylation sites (N-methyl/N-ethyl adjacent to an activating group) is 1. The molecule has 2 N–H and O–H groups in total. The zero-order valence-corrected chi connectivity index (χ0v) is 38.5. The van der Waals surface area contributed by atoms with Crippen LogP contribution in [0, 0.1) is 0 Å². The molecule has 0 radical (unpaired) electrons. The molecule has 60 heavy (non-hydrogen) atoms. The third kappa shape index (κ3) is 14.4. The van der Waals surface area contributed by atoms with Gasteiger partial charge in [0, 0.05) is 6.42 Å². The lowest BCUT2D eigenvalue weighted by Crippen LogP contribution is -2.57. The SMILES string of the molecule is CCCCCCCCCCCCCCCC(=O)C(=O)C(CCCCCCCC)(c1ccc2ccc3cccc4ccc1c2c34)C(C[N+](C)(C)C)OP(=O)([O-])OC[C@H](O)CO. The number of hydrogen-bond donors (Lipinski definition) is 2. The van der Waals surface area contributed by atoms with E-state index < -0.39 is 50.2 Å². The number of phosphoric acid groups is 1. The highest BCUT2D eigenvalue weighted by atomic mass is 31.2. The molecule has 0 aliphatic rings. The first kappa shape index (κ1) is 49.9. The van der Waals surface area contributed by atoms with Gasteiger partial charge in [-0.2, -0.15) is 0 Å². The number of aliphatic hydroxyl groups is 2. The number of hydrogen-bond acceptors (Lipinski definition) is 8. The van der Waals surface area contributed by atoms with Crippen molar-refractivity contribution in [2.24, 2.45) is 0 Å². The van der Waals surface area contributed by atoms with Gasteiger partial charge >= 0.3 is 0 Å². The Bertz CT molecular complexity index is 1920. The lowest BCUT2D eigenvalue weighted by atomic mass is 9.65. The van der Waals surface area contributed by atoms with Gasteiger partial charge in [-0.15, -0.1) is 0 Å². The van der Waals surface area contributed by atoms with Gasteiger partial charge in [0.1, 0.15) is 18.8 Å². The van der Waals surface area contributed by atoms with E-state index in [-0.39, 0.29) is 23.9 Å². The van der Waals surface area contributed by atoms with E-state index in [1.807, 2.05) is 51.5 Å². The molecule has 4 rings (SSSR count). The summed E-state index contributed by atoms with van der Waals surface area (Å²) >= 11 is 0. The van der Waals surface area contributed by atoms with Gasteiger partial charge in [-0.25, -0.2) is 0 Å². The van der Waals surface area contributed by atoms with Crippen molar-refractivity contribution in [3.8, 4) is 0 Å². The van der Waals surface area contributed by atoms with Crippen LogP contribution in [-0.4, -0.2) is 79.4 Å². The maximum Gasteiger partial charge on any atom is 0.268 e. The molecule has 0 aliphatic carbocycles. The molecular weight excluding hydrogens is 774 g/mol. The van der Waals surface area contributed by atoms with Crippen LogP contribution in [0.2, 0.25) is 0 Å². The number of nitrogens with zero attached hydrogens (tertiary/aromatic N) is 1. The second-order valence-corrected chi connectivity index (χ2v) is 19.7. The largest absolute Gasteiger partial charge is 0.756 e. The van der Waals surface area contributed by atoms with Crippen molar-refractivity contribution >= 4 is 51.7 Å². The third-order valence-corrected chi connectivity index (χ3v) is 13.2. The van der Waals surface area contributed by atoms with Crippen LogP contribution in [0.5, 0.6) is 0 Å². The molecule has 0 aliphatic heterocycles. The standard InChI is InChI=1S/C50H76NO8P/c1-6-8-10-12-14-15-16-17-18-19-20-21-23-28-45(54)49(55)50(35-24-22-13-11-9-7-2,46(36-51(3,4)5)59-60(56,57)58-38-42(53)37-52)44-34-32-41-30-29-39-26-25-27-40-31-33-43(44)48(41)47(39)40/h25-27,29-34,42,46,52-53H,6-24,28,35-38H2,1-5H3/t42-,46?,50?/m1/s1. The number of aliphatic hydroxyl groups excluding tert-OH is 2. The molecule has 9 nitrogen and oxygen atoms in total. The van der Waals surface area contributed by atoms with Crippen LogP contribution in [-0.2, 0) is 28.6 Å². The lowest BCUT2D eigenvalue weighted by Gasteiger charge is -2.44. The van der Waals surface area contributed by atoms with Gasteiger partial charge < -0.3 is 28.6 Å². The number of rotatable bonds is 33. The molecule has 0 bridgehead atoms. The molecule has 334 valence electrons. The van der Waals surface area contributed by atoms with Gasteiger partial charge in [0.15, 0.2) is 5.78 Å². The number of Topliss-reactive ketones (excluding diaryl/α,β-unsaturated/α-hetero) is 2. The predicted octanol–water partition coefficient (Wildman–Crippen LogP) is 11.1. The molecule has 0 aromatic heterocycles. The van der Waals surface area contributed by atoms with Gasteiger partial charge in [0.25, 0.3) is 7.82 Å². The quantitative estimate of drug-likeness (QED) is 0.0159. The minimum Gasteiger partial charge on any atom is -0.756 e. The van der Waals surface area contributed by atoms with Gasteiger partial charge in [-0.3, -0.25) is 14.2 Å². The fraction of sp³-hybridized carbons (Fsp3) is 0.640. The Morgan fingerprint density at radius 3 is 1.72 bits per heavy atom. The zero-order chi connectivity index (χ0) is 43.6. The number of benzene rings is 4. The number of carbonyl (C=O) groups is 2. The number of quaternary nitrogens is 1. The Labute approximate surface area is 360 Å². The molecule has 4 aromatic rings. The van der Waals surface area contributed by atoms with E-state index in [1.54, 1.807) is 0 Å². The van der Waals surface area contributed by atoms with Gasteiger partial charge in [0.05, 0.1) is 39.8 Å². The van der Waals surface area contributed by atoms with E-state index in [0.717, 1.165) is 83.7 Å². The van der Waals surface area contributed by atoms with Crippen molar-refractivity contribution in [2.45, 2.75) is 166 Å². The first-order chi connectivity index (χ1) is 28.8. The summed E-state index contributed by atoms with van der Waals surface area (Å²) in [7, 11) is 0.509. The number of ketones is 2. The predicted molar refractivity (Wildman–Crippen MR) is 245 cm³/mol. The maximum absolute atomic E-state index is 15.5. The van der Waals surface area contributed by atoms with Crippen LogP contribution in [0.3, 0.4) is 0 Å². The summed E-state index contributed by atoms with van der Waals surface area (Å²) in [6.45, 7) is 3.07. The number of carbonyl (C=O) groups excluding carboxylic acids is 2. The summed E-state index contributed by atoms with van der Waals surface area (Å²) < 4.78 is 25.3. The Kier molecular flexibility index (Phi) is 20.6. The monoisotopic (exact) mass is 850 g/mol. The highest BCUT2D eigenvalue weighted by Crippen LogP contribution is 2.50. The first-order valence-electron chi connectivity index (χ1n) is 23.3. The lowest BCUT2D eigenvalue weighted by molar-refractivity contribution is -0.873. The van der Waals surface area contributed by atoms with E-state index in [0.29, 0.717) is 18.4 Å². The smallest absolute Gasteiger partial charge is 0.268 e. The van der Waals surface area contributed by atoms with Crippen molar-refractivity contribution in [1.29, 1.82) is 0 Å². The normalized spacial score (nSPS) is 15.4. The molecule has 4 aromatic carbocycles. The fourth-order valence-corrected chi connectivity index (χ4v) is 9.99. The minimum atomic E-state index is -5.21. The van der Waals surface area contributed by atoms with Gasteiger partial charge in [-0.05, 0) is 50.7 Å². The second-order valence-electron chi connectivity index (χ2n) is 18.3. The van der Waals surface area contributed by atoms with Crippen molar-refractivity contribution in [3.63, 3.8) is 0 Å². The summed E-state index contributed by atoms with van der Waals surface area (Å²) in [5, 5.41) is 25.3. The van der Waals surface area contributed by atoms with Crippen molar-refractivity contribution in [1.82, 2.24) is 0 Å². The molecular formula is C50H76NO8P. The third-order valence-electron chi connectivity index (χ3n) is 12.3. The maximum atomic E-state index is 15.5. The highest BCUT2D eigenvalue weighted by molar-refractivity contribution is 7.45. The Morgan fingerprint density at radius 2 is 1.18 bits per heavy atom. The average molecular weight is 850 g/mol. The molecule has 4 atom stereocenters. The van der Waals surface area contributed by atoms with Gasteiger partial charge in [0.2, 0.25) is 5.78 Å². The molecule has 0 heterocycles. The fourth-order valence-electron chi connectivity index (χ4n) is 9.02. The molecule has 10 heteroatoms. The summed E-state index contributed by atoms with van der Waals surface area (Å²) in [5.41, 5.74) is -1.11. The summed E-state index contributed by atoms with van der Waals surface area (Å²) in [6, 6.07) is 18.3. The molecule has 0 saturated heterocycles. The first-order valence-corrected chi connectivity index (χ1v) is 24.7. The number of unbranched alkanes of at least 4 members (excludes halogenated alkanes) is 17. The Morgan fingerprint density at radius 1 is 0.700 bits per heavy atom. The average Bonchev–Trinajstić information content (AvgIpc) is 3.22. The van der Waals surface area contributed by atoms with E-state index in [9.17, 15) is 24.5 Å². The Balaban J connectivity index is 1.73. The molecule has 0 fully saturated rings. The van der Waals surface area contributed by atoms with Crippen LogP contribution < -0.4 is 4.89 Å². The minimum absolute atomic E-state index is 0.0632. The van der Waals surface area contributed by atoms with E-state index in [1.165, 1.54) is 57.8 Å². The molecule has 0 amide bonds. The molecule has 0 spiro atoms. The van der Waals surface area contributed by atoms with E-state index in [4.69, 9.17) is 9.05 Å². The van der Waals surface area contributed by atoms with Crippen LogP contribution >= 0.6 is 7.82 Å². The van der Waals surface area contributed by atoms with Crippen LogP contribution in [0.15, 0.2) is 54.6 Å². The Hall–Kier alpha value is -2.75. The van der Waals surface area contributed by atoms with Gasteiger partial charge in [-0.1, -0.05) is 184 Å². The topological polar surface area (TPSA) is 133 Å². The van der Waals surface area contributed by atoms with Crippen LogP contribution in [0.1, 0.15) is 154 Å².